The average Bonchev–Trinajstić information content (AvgIpc) is 2.35. The van der Waals surface area contributed by atoms with Gasteiger partial charge in [0, 0.05) is 13.2 Å². The molecule has 0 aliphatic rings. The highest BCUT2D eigenvalue weighted by Crippen LogP contribution is 2.19. The van der Waals surface area contributed by atoms with Gasteiger partial charge in [0.1, 0.15) is 5.75 Å². The largest absolute Gasteiger partial charge is 0.473 e. The minimum atomic E-state index is -0.297. The number of hydrogen-bond donors (Lipinski definition) is 3. The summed E-state index contributed by atoms with van der Waals surface area (Å²) in [6, 6.07) is 5.50. The molecule has 0 atom stereocenters. The number of urea groups is 1. The molecule has 3 N–H and O–H groups in total. The number of ether oxygens (including phenoxy) is 1. The maximum absolute atomic E-state index is 11.3. The van der Waals surface area contributed by atoms with E-state index in [1.165, 1.54) is 0 Å². The third-order valence-corrected chi connectivity index (χ3v) is 2.64. The SMILES string of the molecule is Cc1cccc(OCNC(=O)NCCCO)c1C. The molecular formula is C13H20N2O3. The Hall–Kier alpha value is -1.75. The summed E-state index contributed by atoms with van der Waals surface area (Å²) in [5, 5.41) is 13.8. The number of hydrogen-bond acceptors (Lipinski definition) is 3. The summed E-state index contributed by atoms with van der Waals surface area (Å²) >= 11 is 0. The Kier molecular flexibility index (Phi) is 6.00. The van der Waals surface area contributed by atoms with Crippen LogP contribution in [0.2, 0.25) is 0 Å². The van der Waals surface area contributed by atoms with Gasteiger partial charge in [-0.2, -0.15) is 0 Å². The summed E-state index contributed by atoms with van der Waals surface area (Å²) in [5.41, 5.74) is 2.22. The minimum Gasteiger partial charge on any atom is -0.473 e. The number of aryl methyl sites for hydroxylation is 1. The molecule has 18 heavy (non-hydrogen) atoms. The lowest BCUT2D eigenvalue weighted by atomic mass is 10.1. The molecule has 0 saturated heterocycles. The van der Waals surface area contributed by atoms with Crippen molar-refractivity contribution in [3.05, 3.63) is 29.3 Å². The van der Waals surface area contributed by atoms with Crippen LogP contribution in [0.4, 0.5) is 4.79 Å². The fourth-order valence-corrected chi connectivity index (χ4v) is 1.40. The van der Waals surface area contributed by atoms with E-state index in [0.29, 0.717) is 13.0 Å². The Morgan fingerprint density at radius 3 is 2.83 bits per heavy atom. The number of aliphatic hydroxyl groups excluding tert-OH is 1. The summed E-state index contributed by atoms with van der Waals surface area (Å²) in [6.45, 7) is 4.63. The lowest BCUT2D eigenvalue weighted by Crippen LogP contribution is -2.38. The van der Waals surface area contributed by atoms with Gasteiger partial charge in [0.25, 0.3) is 0 Å². The van der Waals surface area contributed by atoms with Gasteiger partial charge < -0.3 is 20.5 Å². The molecule has 0 aliphatic carbocycles. The molecule has 0 aliphatic heterocycles. The summed E-state index contributed by atoms with van der Waals surface area (Å²) in [4.78, 5) is 11.3. The number of carbonyl (C=O) groups excluding carboxylic acids is 1. The van der Waals surface area contributed by atoms with Crippen molar-refractivity contribution >= 4 is 6.03 Å². The Labute approximate surface area is 107 Å². The van der Waals surface area contributed by atoms with Crippen molar-refractivity contribution in [1.82, 2.24) is 10.6 Å². The van der Waals surface area contributed by atoms with Crippen LogP contribution < -0.4 is 15.4 Å². The first-order valence-electron chi connectivity index (χ1n) is 5.96. The van der Waals surface area contributed by atoms with E-state index in [2.05, 4.69) is 10.6 Å². The second kappa shape index (κ2) is 7.55. The van der Waals surface area contributed by atoms with Crippen molar-refractivity contribution in [3.63, 3.8) is 0 Å². The second-order valence-electron chi connectivity index (χ2n) is 4.00. The monoisotopic (exact) mass is 252 g/mol. The van der Waals surface area contributed by atoms with Gasteiger partial charge in [0.15, 0.2) is 6.73 Å². The Balaban J connectivity index is 2.29. The molecule has 0 heterocycles. The standard InChI is InChI=1S/C13H20N2O3/c1-10-5-3-6-12(11(10)2)18-9-15-13(17)14-7-4-8-16/h3,5-6,16H,4,7-9H2,1-2H3,(H2,14,15,17). The zero-order chi connectivity index (χ0) is 13.4. The molecule has 0 bridgehead atoms. The summed E-state index contributed by atoms with van der Waals surface area (Å²) in [5.74, 6) is 0.769. The van der Waals surface area contributed by atoms with Crippen LogP contribution in [0.1, 0.15) is 17.5 Å². The van der Waals surface area contributed by atoms with Gasteiger partial charge in [0.05, 0.1) is 0 Å². The Bertz CT molecular complexity index is 394. The molecule has 0 spiro atoms. The van der Waals surface area contributed by atoms with Crippen molar-refractivity contribution < 1.29 is 14.6 Å². The predicted molar refractivity (Wildman–Crippen MR) is 69.6 cm³/mol. The van der Waals surface area contributed by atoms with E-state index < -0.39 is 0 Å². The van der Waals surface area contributed by atoms with Gasteiger partial charge in [-0.05, 0) is 37.5 Å². The second-order valence-corrected chi connectivity index (χ2v) is 4.00. The van der Waals surface area contributed by atoms with Gasteiger partial charge in [0.2, 0.25) is 0 Å². The smallest absolute Gasteiger partial charge is 0.317 e. The van der Waals surface area contributed by atoms with Gasteiger partial charge >= 0.3 is 6.03 Å². The lowest BCUT2D eigenvalue weighted by Gasteiger charge is -2.12. The van der Waals surface area contributed by atoms with Crippen LogP contribution in [0.3, 0.4) is 0 Å². The molecular weight excluding hydrogens is 232 g/mol. The van der Waals surface area contributed by atoms with Gasteiger partial charge in [-0.1, -0.05) is 12.1 Å². The van der Waals surface area contributed by atoms with Crippen LogP contribution in [-0.2, 0) is 0 Å². The molecule has 1 aromatic carbocycles. The highest BCUT2D eigenvalue weighted by atomic mass is 16.5. The van der Waals surface area contributed by atoms with E-state index in [9.17, 15) is 4.79 Å². The average molecular weight is 252 g/mol. The van der Waals surface area contributed by atoms with E-state index in [1.54, 1.807) is 0 Å². The molecule has 1 aromatic rings. The highest BCUT2D eigenvalue weighted by Gasteiger charge is 2.02. The van der Waals surface area contributed by atoms with Crippen LogP contribution in [0, 0.1) is 13.8 Å². The van der Waals surface area contributed by atoms with E-state index in [4.69, 9.17) is 9.84 Å². The molecule has 2 amide bonds. The fourth-order valence-electron chi connectivity index (χ4n) is 1.40. The number of carbonyl (C=O) groups is 1. The Morgan fingerprint density at radius 1 is 1.33 bits per heavy atom. The number of nitrogens with one attached hydrogen (secondary N) is 2. The van der Waals surface area contributed by atoms with Crippen molar-refractivity contribution in [2.75, 3.05) is 19.9 Å². The third kappa shape index (κ3) is 4.63. The topological polar surface area (TPSA) is 70.6 Å². The summed E-state index contributed by atoms with van der Waals surface area (Å²) in [6.07, 6.45) is 0.547. The van der Waals surface area contributed by atoms with Crippen molar-refractivity contribution in [2.45, 2.75) is 20.3 Å². The molecule has 5 heteroatoms. The molecule has 1 rings (SSSR count). The van der Waals surface area contributed by atoms with Crippen molar-refractivity contribution in [2.24, 2.45) is 0 Å². The summed E-state index contributed by atoms with van der Waals surface area (Å²) < 4.78 is 5.47. The molecule has 0 unspecified atom stereocenters. The first kappa shape index (κ1) is 14.3. The number of benzene rings is 1. The first-order valence-corrected chi connectivity index (χ1v) is 5.96. The highest BCUT2D eigenvalue weighted by molar-refractivity contribution is 5.73. The predicted octanol–water partition coefficient (Wildman–Crippen LogP) is 1.32. The zero-order valence-electron chi connectivity index (χ0n) is 10.8. The first-order chi connectivity index (χ1) is 8.65. The summed E-state index contributed by atoms with van der Waals surface area (Å²) in [7, 11) is 0. The van der Waals surface area contributed by atoms with Crippen LogP contribution in [0.5, 0.6) is 5.75 Å². The lowest BCUT2D eigenvalue weighted by molar-refractivity contribution is 0.222. The van der Waals surface area contributed by atoms with E-state index in [-0.39, 0.29) is 19.4 Å². The van der Waals surface area contributed by atoms with Crippen molar-refractivity contribution in [3.8, 4) is 5.75 Å². The molecule has 0 aromatic heterocycles. The maximum Gasteiger partial charge on any atom is 0.317 e. The molecule has 0 fully saturated rings. The number of rotatable bonds is 6. The van der Waals surface area contributed by atoms with E-state index in [0.717, 1.165) is 16.9 Å². The van der Waals surface area contributed by atoms with Crippen LogP contribution in [0.15, 0.2) is 18.2 Å². The number of aliphatic hydroxyl groups is 1. The van der Waals surface area contributed by atoms with Gasteiger partial charge in [-0.25, -0.2) is 4.79 Å². The van der Waals surface area contributed by atoms with Crippen LogP contribution in [0.25, 0.3) is 0 Å². The minimum absolute atomic E-state index is 0.0687. The maximum atomic E-state index is 11.3. The number of amides is 2. The van der Waals surface area contributed by atoms with Crippen molar-refractivity contribution in [1.29, 1.82) is 0 Å². The van der Waals surface area contributed by atoms with Crippen LogP contribution >= 0.6 is 0 Å². The third-order valence-electron chi connectivity index (χ3n) is 2.64. The van der Waals surface area contributed by atoms with Crippen LogP contribution in [-0.4, -0.2) is 31.0 Å². The molecule has 0 radical (unpaired) electrons. The molecule has 5 nitrogen and oxygen atoms in total. The quantitative estimate of drug-likeness (QED) is 0.528. The normalized spacial score (nSPS) is 9.94. The van der Waals surface area contributed by atoms with E-state index >= 15 is 0 Å². The van der Waals surface area contributed by atoms with Gasteiger partial charge in [-0.15, -0.1) is 0 Å². The fraction of sp³-hybridized carbons (Fsp3) is 0.462. The Morgan fingerprint density at radius 2 is 2.11 bits per heavy atom. The van der Waals surface area contributed by atoms with E-state index in [1.807, 2.05) is 32.0 Å². The molecule has 0 saturated carbocycles. The zero-order valence-corrected chi connectivity index (χ0v) is 10.8. The molecule has 100 valence electrons. The van der Waals surface area contributed by atoms with Gasteiger partial charge in [-0.3, -0.25) is 0 Å².